The molecule has 0 bridgehead atoms. The fraction of sp³-hybridized carbons (Fsp3) is 0.667. The average Bonchev–Trinajstić information content (AvgIpc) is 2.59. The molecule has 2 heterocycles. The van der Waals surface area contributed by atoms with Gasteiger partial charge < -0.3 is 15.3 Å². The fourth-order valence-electron chi connectivity index (χ4n) is 2.64. The van der Waals surface area contributed by atoms with Gasteiger partial charge in [-0.25, -0.2) is 0 Å². The number of hydrogen-bond donors (Lipinski definition) is 2. The van der Waals surface area contributed by atoms with E-state index in [1.54, 1.807) is 17.8 Å². The van der Waals surface area contributed by atoms with Gasteiger partial charge in [0, 0.05) is 19.0 Å². The molecule has 0 unspecified atom stereocenters. The summed E-state index contributed by atoms with van der Waals surface area (Å²) in [4.78, 5) is 14.4. The number of amides is 1. The summed E-state index contributed by atoms with van der Waals surface area (Å²) in [7, 11) is 0. The van der Waals surface area contributed by atoms with Crippen LogP contribution in [0.15, 0.2) is 12.1 Å². The molecule has 1 fully saturated rings. The molecule has 0 aliphatic carbocycles. The molecule has 1 saturated heterocycles. The van der Waals surface area contributed by atoms with Gasteiger partial charge >= 0.3 is 0 Å². The second-order valence-corrected chi connectivity index (χ2v) is 7.02. The number of nitrogens with one attached hydrogen (secondary N) is 1. The minimum Gasteiger partial charge on any atom is -0.394 e. The van der Waals surface area contributed by atoms with E-state index in [0.717, 1.165) is 43.9 Å². The van der Waals surface area contributed by atoms with Crippen molar-refractivity contribution in [2.45, 2.75) is 25.3 Å². The van der Waals surface area contributed by atoms with Crippen molar-refractivity contribution in [2.24, 2.45) is 5.92 Å². The molecule has 8 heteroatoms. The summed E-state index contributed by atoms with van der Waals surface area (Å²) in [6.07, 6.45) is 4.36. The molecule has 0 spiro atoms. The van der Waals surface area contributed by atoms with Crippen LogP contribution in [-0.4, -0.2) is 59.0 Å². The normalized spacial score (nSPS) is 17.1. The monoisotopic (exact) mass is 358 g/mol. The lowest BCUT2D eigenvalue weighted by molar-refractivity contribution is -0.126. The Hall–Kier alpha value is -1.05. The van der Waals surface area contributed by atoms with Crippen LogP contribution in [0.5, 0.6) is 0 Å². The third-order valence-corrected chi connectivity index (χ3v) is 4.89. The predicted octanol–water partition coefficient (Wildman–Crippen LogP) is 1.58. The standard InChI is InChI=1S/C15H23ClN4O2S/c1-23-9-6-12(10-21)17-15(22)11-4-7-20(8-5-11)14-3-2-13(16)18-19-14/h2-3,11-12,21H,4-10H2,1H3,(H,17,22)/t12-/m1/s1. The maximum absolute atomic E-state index is 12.3. The van der Waals surface area contributed by atoms with Crippen molar-refractivity contribution in [3.8, 4) is 0 Å². The number of halogens is 1. The number of aliphatic hydroxyl groups is 1. The van der Waals surface area contributed by atoms with Crippen molar-refractivity contribution in [1.82, 2.24) is 15.5 Å². The maximum atomic E-state index is 12.3. The molecular formula is C15H23ClN4O2S. The predicted molar refractivity (Wildman–Crippen MR) is 94.0 cm³/mol. The van der Waals surface area contributed by atoms with Crippen molar-refractivity contribution >= 4 is 35.1 Å². The Kier molecular flexibility index (Phi) is 7.39. The number of hydrogen-bond acceptors (Lipinski definition) is 6. The van der Waals surface area contributed by atoms with Gasteiger partial charge in [0.15, 0.2) is 11.0 Å². The number of carbonyl (C=O) groups excluding carboxylic acids is 1. The van der Waals surface area contributed by atoms with E-state index in [9.17, 15) is 9.90 Å². The van der Waals surface area contributed by atoms with Gasteiger partial charge in [-0.2, -0.15) is 11.8 Å². The van der Waals surface area contributed by atoms with Gasteiger partial charge in [0.2, 0.25) is 5.91 Å². The summed E-state index contributed by atoms with van der Waals surface area (Å²) in [5.41, 5.74) is 0. The lowest BCUT2D eigenvalue weighted by atomic mass is 9.95. The van der Waals surface area contributed by atoms with Gasteiger partial charge in [-0.3, -0.25) is 4.79 Å². The van der Waals surface area contributed by atoms with Crippen LogP contribution in [-0.2, 0) is 4.79 Å². The minimum atomic E-state index is -0.143. The van der Waals surface area contributed by atoms with Gasteiger partial charge in [-0.05, 0) is 43.4 Å². The first-order valence-corrected chi connectivity index (χ1v) is 9.55. The highest BCUT2D eigenvalue weighted by Gasteiger charge is 2.27. The summed E-state index contributed by atoms with van der Waals surface area (Å²) >= 11 is 7.46. The highest BCUT2D eigenvalue weighted by atomic mass is 35.5. The average molecular weight is 359 g/mol. The molecule has 1 atom stereocenters. The summed E-state index contributed by atoms with van der Waals surface area (Å²) in [5.74, 6) is 1.77. The Labute approximate surface area is 146 Å². The van der Waals surface area contributed by atoms with Crippen LogP contribution in [0.4, 0.5) is 5.82 Å². The van der Waals surface area contributed by atoms with E-state index in [-0.39, 0.29) is 24.5 Å². The second-order valence-electron chi connectivity index (χ2n) is 5.65. The topological polar surface area (TPSA) is 78.4 Å². The highest BCUT2D eigenvalue weighted by Crippen LogP contribution is 2.22. The zero-order valence-electron chi connectivity index (χ0n) is 13.2. The van der Waals surface area contributed by atoms with E-state index in [2.05, 4.69) is 20.4 Å². The number of nitrogens with zero attached hydrogens (tertiary/aromatic N) is 3. The van der Waals surface area contributed by atoms with Crippen molar-refractivity contribution in [1.29, 1.82) is 0 Å². The second kappa shape index (κ2) is 9.30. The van der Waals surface area contributed by atoms with E-state index >= 15 is 0 Å². The van der Waals surface area contributed by atoms with Crippen molar-refractivity contribution in [2.75, 3.05) is 36.6 Å². The molecule has 1 aliphatic rings. The Bertz CT molecular complexity index is 495. The molecule has 1 amide bonds. The molecule has 0 radical (unpaired) electrons. The molecule has 2 N–H and O–H groups in total. The lowest BCUT2D eigenvalue weighted by Crippen LogP contribution is -2.45. The molecule has 2 rings (SSSR count). The summed E-state index contributed by atoms with van der Waals surface area (Å²) < 4.78 is 0. The van der Waals surface area contributed by atoms with E-state index in [0.29, 0.717) is 5.15 Å². The van der Waals surface area contributed by atoms with Crippen LogP contribution in [0.1, 0.15) is 19.3 Å². The van der Waals surface area contributed by atoms with Crippen molar-refractivity contribution in [3.05, 3.63) is 17.3 Å². The SMILES string of the molecule is CSCC[C@H](CO)NC(=O)C1CCN(c2ccc(Cl)nn2)CC1. The molecule has 6 nitrogen and oxygen atoms in total. The van der Waals surface area contributed by atoms with E-state index in [1.165, 1.54) is 0 Å². The number of thioether (sulfide) groups is 1. The molecular weight excluding hydrogens is 336 g/mol. The number of aliphatic hydroxyl groups excluding tert-OH is 1. The molecule has 23 heavy (non-hydrogen) atoms. The first-order valence-electron chi connectivity index (χ1n) is 7.78. The minimum absolute atomic E-state index is 0.00478. The molecule has 1 aliphatic heterocycles. The Balaban J connectivity index is 1.81. The van der Waals surface area contributed by atoms with Crippen LogP contribution in [0, 0.1) is 5.92 Å². The Morgan fingerprint density at radius 2 is 2.22 bits per heavy atom. The molecule has 128 valence electrons. The van der Waals surface area contributed by atoms with Gasteiger partial charge in [-0.1, -0.05) is 11.6 Å². The number of piperidine rings is 1. The smallest absolute Gasteiger partial charge is 0.223 e. The van der Waals surface area contributed by atoms with Crippen LogP contribution >= 0.6 is 23.4 Å². The summed E-state index contributed by atoms with van der Waals surface area (Å²) in [5, 5.41) is 20.6. The molecule has 1 aromatic heterocycles. The van der Waals surface area contributed by atoms with Crippen molar-refractivity contribution < 1.29 is 9.90 Å². The summed E-state index contributed by atoms with van der Waals surface area (Å²) in [6, 6.07) is 3.43. The Morgan fingerprint density at radius 1 is 1.48 bits per heavy atom. The van der Waals surface area contributed by atoms with Crippen LogP contribution in [0.2, 0.25) is 5.15 Å². The molecule has 1 aromatic rings. The first-order chi connectivity index (χ1) is 11.1. The third kappa shape index (κ3) is 5.51. The van der Waals surface area contributed by atoms with E-state index in [1.807, 2.05) is 12.3 Å². The van der Waals surface area contributed by atoms with Gasteiger partial charge in [0.1, 0.15) is 0 Å². The van der Waals surface area contributed by atoms with Crippen molar-refractivity contribution in [3.63, 3.8) is 0 Å². The van der Waals surface area contributed by atoms with Crippen LogP contribution in [0.3, 0.4) is 0 Å². The van der Waals surface area contributed by atoms with Crippen LogP contribution in [0.25, 0.3) is 0 Å². The van der Waals surface area contributed by atoms with Gasteiger partial charge in [0.25, 0.3) is 0 Å². The molecule has 0 aromatic carbocycles. The number of aromatic nitrogens is 2. The van der Waals surface area contributed by atoms with Gasteiger partial charge in [0.05, 0.1) is 12.6 Å². The van der Waals surface area contributed by atoms with E-state index < -0.39 is 0 Å². The number of anilines is 1. The fourth-order valence-corrected chi connectivity index (χ4v) is 3.26. The maximum Gasteiger partial charge on any atom is 0.223 e. The highest BCUT2D eigenvalue weighted by molar-refractivity contribution is 7.98. The van der Waals surface area contributed by atoms with Crippen LogP contribution < -0.4 is 10.2 Å². The third-order valence-electron chi connectivity index (χ3n) is 4.04. The molecule has 0 saturated carbocycles. The Morgan fingerprint density at radius 3 is 2.78 bits per heavy atom. The first kappa shape index (κ1) is 18.3. The largest absolute Gasteiger partial charge is 0.394 e. The van der Waals surface area contributed by atoms with Gasteiger partial charge in [-0.15, -0.1) is 10.2 Å². The summed E-state index contributed by atoms with van der Waals surface area (Å²) in [6.45, 7) is 1.53. The number of rotatable bonds is 7. The lowest BCUT2D eigenvalue weighted by Gasteiger charge is -2.32. The number of carbonyl (C=O) groups is 1. The van der Waals surface area contributed by atoms with E-state index in [4.69, 9.17) is 11.6 Å². The quantitative estimate of drug-likeness (QED) is 0.770. The zero-order chi connectivity index (χ0) is 16.7. The zero-order valence-corrected chi connectivity index (χ0v) is 14.8.